The fourth-order valence-electron chi connectivity index (χ4n) is 2.23. The first kappa shape index (κ1) is 16.4. The van der Waals surface area contributed by atoms with Crippen LogP contribution in [0, 0.1) is 11.7 Å². The number of alkyl halides is 2. The molecule has 2 amide bonds. The van der Waals surface area contributed by atoms with Crippen LogP contribution in [-0.4, -0.2) is 48.8 Å². The monoisotopic (exact) mass is 318 g/mol. The molecule has 1 aliphatic heterocycles. The summed E-state index contributed by atoms with van der Waals surface area (Å²) in [6.07, 6.45) is -2.00. The summed E-state index contributed by atoms with van der Waals surface area (Å²) in [5.41, 5.74) is 0.125. The summed E-state index contributed by atoms with van der Waals surface area (Å²) in [4.78, 5) is 13.6. The average Bonchev–Trinajstić information content (AvgIpc) is 2.96. The van der Waals surface area contributed by atoms with E-state index in [1.165, 1.54) is 11.0 Å². The van der Waals surface area contributed by atoms with E-state index in [1.807, 2.05) is 0 Å². The topological polar surface area (TPSA) is 61.8 Å². The molecule has 122 valence electrons. The quantitative estimate of drug-likeness (QED) is 0.876. The lowest BCUT2D eigenvalue weighted by Gasteiger charge is -2.19. The number of nitrogens with zero attached hydrogens (tertiary/aromatic N) is 1. The second-order valence-corrected chi connectivity index (χ2v) is 5.06. The third-order valence-corrected chi connectivity index (χ3v) is 3.38. The van der Waals surface area contributed by atoms with E-state index in [0.29, 0.717) is 19.5 Å². The van der Waals surface area contributed by atoms with Crippen LogP contribution < -0.4 is 10.1 Å². The smallest absolute Gasteiger partial charge is 0.321 e. The lowest BCUT2D eigenvalue weighted by atomic mass is 10.1. The SMILES string of the molecule is O=C(Nc1ccc(F)cc1OCC(F)F)N1CCC(CO)C1. The van der Waals surface area contributed by atoms with Gasteiger partial charge in [-0.05, 0) is 18.6 Å². The number of amides is 2. The molecule has 0 radical (unpaired) electrons. The molecule has 8 heteroatoms. The van der Waals surface area contributed by atoms with Crippen molar-refractivity contribution in [3.8, 4) is 5.75 Å². The van der Waals surface area contributed by atoms with Gasteiger partial charge in [-0.1, -0.05) is 0 Å². The largest absolute Gasteiger partial charge is 0.485 e. The van der Waals surface area contributed by atoms with E-state index in [4.69, 9.17) is 9.84 Å². The van der Waals surface area contributed by atoms with Crippen LogP contribution >= 0.6 is 0 Å². The lowest BCUT2D eigenvalue weighted by molar-refractivity contribution is 0.0821. The Bertz CT molecular complexity index is 528. The van der Waals surface area contributed by atoms with E-state index in [9.17, 15) is 18.0 Å². The highest BCUT2D eigenvalue weighted by molar-refractivity contribution is 5.91. The Morgan fingerprint density at radius 3 is 2.91 bits per heavy atom. The Balaban J connectivity index is 2.03. The van der Waals surface area contributed by atoms with Gasteiger partial charge in [0.25, 0.3) is 6.43 Å². The maximum atomic E-state index is 13.2. The summed E-state index contributed by atoms with van der Waals surface area (Å²) in [7, 11) is 0. The number of urea groups is 1. The molecular formula is C14H17F3N2O3. The van der Waals surface area contributed by atoms with Crippen molar-refractivity contribution < 1.29 is 27.8 Å². The van der Waals surface area contributed by atoms with Gasteiger partial charge in [0.1, 0.15) is 18.2 Å². The van der Waals surface area contributed by atoms with Crippen molar-refractivity contribution in [2.75, 3.05) is 31.6 Å². The van der Waals surface area contributed by atoms with E-state index >= 15 is 0 Å². The zero-order valence-electron chi connectivity index (χ0n) is 11.8. The predicted molar refractivity (Wildman–Crippen MR) is 73.7 cm³/mol. The number of likely N-dealkylation sites (tertiary alicyclic amines) is 1. The number of benzene rings is 1. The summed E-state index contributed by atoms with van der Waals surface area (Å²) < 4.78 is 42.4. The third kappa shape index (κ3) is 4.27. The van der Waals surface area contributed by atoms with Gasteiger partial charge in [0.2, 0.25) is 0 Å². The molecule has 1 aromatic carbocycles. The van der Waals surface area contributed by atoms with Crippen molar-refractivity contribution in [3.05, 3.63) is 24.0 Å². The van der Waals surface area contributed by atoms with E-state index in [1.54, 1.807) is 0 Å². The molecule has 2 N–H and O–H groups in total. The van der Waals surface area contributed by atoms with Gasteiger partial charge in [0.15, 0.2) is 0 Å². The number of carbonyl (C=O) groups is 1. The Morgan fingerprint density at radius 1 is 1.50 bits per heavy atom. The Kier molecular flexibility index (Phi) is 5.48. The summed E-state index contributed by atoms with van der Waals surface area (Å²) >= 11 is 0. The van der Waals surface area contributed by atoms with E-state index in [2.05, 4.69) is 5.32 Å². The first-order valence-electron chi connectivity index (χ1n) is 6.87. The highest BCUT2D eigenvalue weighted by Crippen LogP contribution is 2.27. The number of anilines is 1. The van der Waals surface area contributed by atoms with Crippen LogP contribution in [0.1, 0.15) is 6.42 Å². The number of carbonyl (C=O) groups excluding carboxylic acids is 1. The van der Waals surface area contributed by atoms with E-state index < -0.39 is 24.9 Å². The second-order valence-electron chi connectivity index (χ2n) is 5.06. The molecule has 0 aromatic heterocycles. The molecule has 1 saturated heterocycles. The highest BCUT2D eigenvalue weighted by atomic mass is 19.3. The second kappa shape index (κ2) is 7.35. The molecule has 5 nitrogen and oxygen atoms in total. The Labute approximate surface area is 125 Å². The molecule has 1 aliphatic rings. The normalized spacial score (nSPS) is 17.9. The zero-order valence-corrected chi connectivity index (χ0v) is 11.8. The molecule has 2 rings (SSSR count). The highest BCUT2D eigenvalue weighted by Gasteiger charge is 2.26. The van der Waals surface area contributed by atoms with Crippen molar-refractivity contribution in [2.45, 2.75) is 12.8 Å². The molecule has 1 aromatic rings. The average molecular weight is 318 g/mol. The first-order valence-corrected chi connectivity index (χ1v) is 6.87. The number of nitrogens with one attached hydrogen (secondary N) is 1. The van der Waals surface area contributed by atoms with Gasteiger partial charge >= 0.3 is 6.03 Å². The first-order chi connectivity index (χ1) is 10.5. The third-order valence-electron chi connectivity index (χ3n) is 3.38. The van der Waals surface area contributed by atoms with Crippen molar-refractivity contribution >= 4 is 11.7 Å². The van der Waals surface area contributed by atoms with Gasteiger partial charge in [0.05, 0.1) is 5.69 Å². The molecule has 1 fully saturated rings. The summed E-state index contributed by atoms with van der Waals surface area (Å²) in [6.45, 7) is 0.0218. The molecule has 1 heterocycles. The van der Waals surface area contributed by atoms with Crippen molar-refractivity contribution in [1.29, 1.82) is 0 Å². The number of rotatable bonds is 5. The minimum absolute atomic E-state index is 0.00305. The van der Waals surface area contributed by atoms with Crippen molar-refractivity contribution in [1.82, 2.24) is 4.90 Å². The van der Waals surface area contributed by atoms with E-state index in [-0.39, 0.29) is 24.0 Å². The van der Waals surface area contributed by atoms with Gasteiger partial charge in [0, 0.05) is 31.7 Å². The number of aliphatic hydroxyl groups excluding tert-OH is 1. The minimum Gasteiger partial charge on any atom is -0.485 e. The predicted octanol–water partition coefficient (Wildman–Crippen LogP) is 2.32. The number of ether oxygens (including phenoxy) is 1. The molecule has 0 saturated carbocycles. The number of hydrogen-bond donors (Lipinski definition) is 2. The molecule has 22 heavy (non-hydrogen) atoms. The maximum Gasteiger partial charge on any atom is 0.321 e. The summed E-state index contributed by atoms with van der Waals surface area (Å²) in [5, 5.41) is 11.6. The fourth-order valence-corrected chi connectivity index (χ4v) is 2.23. The minimum atomic E-state index is -2.70. The van der Waals surface area contributed by atoms with Crippen LogP contribution in [-0.2, 0) is 0 Å². The molecule has 0 aliphatic carbocycles. The molecule has 0 bridgehead atoms. The maximum absolute atomic E-state index is 13.2. The number of halogens is 3. The van der Waals surface area contributed by atoms with Crippen LogP contribution in [0.3, 0.4) is 0 Å². The van der Waals surface area contributed by atoms with Crippen molar-refractivity contribution in [2.24, 2.45) is 5.92 Å². The fraction of sp³-hybridized carbons (Fsp3) is 0.500. The van der Waals surface area contributed by atoms with Gasteiger partial charge in [-0.3, -0.25) is 0 Å². The Hall–Kier alpha value is -1.96. The standard InChI is InChI=1S/C14H17F3N2O3/c15-10-1-2-11(12(5-10)22-8-13(16)17)18-14(21)19-4-3-9(6-19)7-20/h1-2,5,9,13,20H,3-4,6-8H2,(H,18,21). The van der Waals surface area contributed by atoms with Crippen LogP contribution in [0.4, 0.5) is 23.7 Å². The van der Waals surface area contributed by atoms with Gasteiger partial charge < -0.3 is 20.1 Å². The van der Waals surface area contributed by atoms with Crippen LogP contribution in [0.25, 0.3) is 0 Å². The van der Waals surface area contributed by atoms with Crippen molar-refractivity contribution in [3.63, 3.8) is 0 Å². The van der Waals surface area contributed by atoms with Crippen LogP contribution in [0.2, 0.25) is 0 Å². The number of aliphatic hydroxyl groups is 1. The van der Waals surface area contributed by atoms with Gasteiger partial charge in [-0.2, -0.15) is 0 Å². The van der Waals surface area contributed by atoms with Gasteiger partial charge in [-0.25, -0.2) is 18.0 Å². The van der Waals surface area contributed by atoms with E-state index in [0.717, 1.165) is 12.1 Å². The molecular weight excluding hydrogens is 301 g/mol. The number of hydrogen-bond acceptors (Lipinski definition) is 3. The van der Waals surface area contributed by atoms with Crippen LogP contribution in [0.15, 0.2) is 18.2 Å². The summed E-state index contributed by atoms with van der Waals surface area (Å²) in [5.74, 6) is -0.760. The van der Waals surface area contributed by atoms with Crippen LogP contribution in [0.5, 0.6) is 5.75 Å². The molecule has 1 atom stereocenters. The van der Waals surface area contributed by atoms with Gasteiger partial charge in [-0.15, -0.1) is 0 Å². The molecule has 1 unspecified atom stereocenters. The lowest BCUT2D eigenvalue weighted by Crippen LogP contribution is -2.33. The zero-order chi connectivity index (χ0) is 16.1. The molecule has 0 spiro atoms. The Morgan fingerprint density at radius 2 is 2.27 bits per heavy atom. The summed E-state index contributed by atoms with van der Waals surface area (Å²) in [6, 6.07) is 2.86.